The summed E-state index contributed by atoms with van der Waals surface area (Å²) in [5, 5.41) is 0. The van der Waals surface area contributed by atoms with Crippen LogP contribution in [0.15, 0.2) is 28.7 Å². The van der Waals surface area contributed by atoms with Crippen LogP contribution in [0.4, 0.5) is 0 Å². The lowest BCUT2D eigenvalue weighted by molar-refractivity contribution is -0.140. The molecule has 0 aliphatic carbocycles. The Balaban J connectivity index is 1.91. The van der Waals surface area contributed by atoms with E-state index in [0.29, 0.717) is 25.7 Å². The molecular formula is C17H23BrN2O2. The SMILES string of the molecule is NC[C@H]1CCN(C(=O)C2(c3cccc(Br)c3)CCOCC2)C1. The van der Waals surface area contributed by atoms with Crippen molar-refractivity contribution in [2.24, 2.45) is 11.7 Å². The predicted molar refractivity (Wildman–Crippen MR) is 89.6 cm³/mol. The van der Waals surface area contributed by atoms with Crippen molar-refractivity contribution in [2.45, 2.75) is 24.7 Å². The van der Waals surface area contributed by atoms with Crippen molar-refractivity contribution in [2.75, 3.05) is 32.8 Å². The molecule has 1 aromatic carbocycles. The van der Waals surface area contributed by atoms with Crippen molar-refractivity contribution >= 4 is 21.8 Å². The molecule has 2 aliphatic heterocycles. The zero-order valence-corrected chi connectivity index (χ0v) is 14.3. The summed E-state index contributed by atoms with van der Waals surface area (Å²) in [6.07, 6.45) is 2.53. The van der Waals surface area contributed by atoms with E-state index >= 15 is 0 Å². The fraction of sp³-hybridized carbons (Fsp3) is 0.588. The van der Waals surface area contributed by atoms with Crippen LogP contribution in [0.1, 0.15) is 24.8 Å². The van der Waals surface area contributed by atoms with E-state index in [1.165, 1.54) is 0 Å². The number of hydrogen-bond donors (Lipinski definition) is 1. The van der Waals surface area contributed by atoms with Gasteiger partial charge in [-0.15, -0.1) is 0 Å². The van der Waals surface area contributed by atoms with Gasteiger partial charge in [-0.05, 0) is 49.4 Å². The van der Waals surface area contributed by atoms with Gasteiger partial charge in [0.1, 0.15) is 0 Å². The molecule has 2 N–H and O–H groups in total. The third kappa shape index (κ3) is 2.94. The van der Waals surface area contributed by atoms with E-state index in [-0.39, 0.29) is 5.91 Å². The van der Waals surface area contributed by atoms with Gasteiger partial charge in [-0.3, -0.25) is 4.79 Å². The highest BCUT2D eigenvalue weighted by Crippen LogP contribution is 2.38. The second kappa shape index (κ2) is 6.69. The van der Waals surface area contributed by atoms with Crippen molar-refractivity contribution in [1.82, 2.24) is 4.90 Å². The number of benzene rings is 1. The number of carbonyl (C=O) groups excluding carboxylic acids is 1. The molecule has 0 spiro atoms. The monoisotopic (exact) mass is 366 g/mol. The number of hydrogen-bond acceptors (Lipinski definition) is 3. The van der Waals surface area contributed by atoms with Crippen molar-refractivity contribution in [1.29, 1.82) is 0 Å². The third-order valence-electron chi connectivity index (χ3n) is 5.04. The Morgan fingerprint density at radius 1 is 1.41 bits per heavy atom. The maximum absolute atomic E-state index is 13.3. The minimum absolute atomic E-state index is 0.254. The summed E-state index contributed by atoms with van der Waals surface area (Å²) in [4.78, 5) is 15.3. The van der Waals surface area contributed by atoms with Crippen LogP contribution < -0.4 is 5.73 Å². The molecule has 1 aromatic rings. The lowest BCUT2D eigenvalue weighted by Crippen LogP contribution is -2.49. The van der Waals surface area contributed by atoms with E-state index in [0.717, 1.165) is 42.4 Å². The quantitative estimate of drug-likeness (QED) is 0.892. The molecule has 22 heavy (non-hydrogen) atoms. The molecule has 0 aromatic heterocycles. The normalized spacial score (nSPS) is 24.5. The largest absolute Gasteiger partial charge is 0.381 e. The minimum Gasteiger partial charge on any atom is -0.381 e. The Bertz CT molecular complexity index is 543. The fourth-order valence-corrected chi connectivity index (χ4v) is 4.04. The maximum Gasteiger partial charge on any atom is 0.233 e. The number of rotatable bonds is 3. The molecular weight excluding hydrogens is 344 g/mol. The molecule has 2 saturated heterocycles. The molecule has 2 heterocycles. The van der Waals surface area contributed by atoms with Gasteiger partial charge in [0, 0.05) is 30.8 Å². The van der Waals surface area contributed by atoms with Crippen LogP contribution in [0, 0.1) is 5.92 Å². The molecule has 2 fully saturated rings. The van der Waals surface area contributed by atoms with Gasteiger partial charge >= 0.3 is 0 Å². The van der Waals surface area contributed by atoms with Gasteiger partial charge in [-0.2, -0.15) is 0 Å². The van der Waals surface area contributed by atoms with Gasteiger partial charge in [0.25, 0.3) is 0 Å². The average Bonchev–Trinajstić information content (AvgIpc) is 3.04. The highest BCUT2D eigenvalue weighted by atomic mass is 79.9. The van der Waals surface area contributed by atoms with Gasteiger partial charge in [0.2, 0.25) is 5.91 Å². The van der Waals surface area contributed by atoms with Crippen LogP contribution in [-0.2, 0) is 14.9 Å². The first kappa shape index (κ1) is 16.0. The maximum atomic E-state index is 13.3. The van der Waals surface area contributed by atoms with E-state index in [1.54, 1.807) is 0 Å². The minimum atomic E-state index is -0.439. The number of nitrogens with two attached hydrogens (primary N) is 1. The van der Waals surface area contributed by atoms with Crippen LogP contribution in [0.3, 0.4) is 0 Å². The molecule has 0 radical (unpaired) electrons. The Kier molecular flexibility index (Phi) is 4.85. The lowest BCUT2D eigenvalue weighted by atomic mass is 9.73. The number of carbonyl (C=O) groups is 1. The van der Waals surface area contributed by atoms with Crippen LogP contribution in [-0.4, -0.2) is 43.7 Å². The molecule has 1 amide bonds. The zero-order valence-electron chi connectivity index (χ0n) is 12.8. The number of likely N-dealkylation sites (tertiary alicyclic amines) is 1. The van der Waals surface area contributed by atoms with E-state index in [2.05, 4.69) is 28.1 Å². The first-order chi connectivity index (χ1) is 10.7. The standard InChI is InChI=1S/C17H23BrN2O2/c18-15-3-1-2-14(10-15)17(5-8-22-9-6-17)16(21)20-7-4-13(11-19)12-20/h1-3,10,13H,4-9,11-12,19H2/t13-/m1/s1. The predicted octanol–water partition coefficient (Wildman–Crippen LogP) is 2.30. The summed E-state index contributed by atoms with van der Waals surface area (Å²) in [6.45, 7) is 3.58. The Hall–Kier alpha value is -0.910. The summed E-state index contributed by atoms with van der Waals surface area (Å²) < 4.78 is 6.55. The topological polar surface area (TPSA) is 55.6 Å². The average molecular weight is 367 g/mol. The van der Waals surface area contributed by atoms with Crippen molar-refractivity contribution in [3.63, 3.8) is 0 Å². The van der Waals surface area contributed by atoms with Gasteiger partial charge in [-0.25, -0.2) is 0 Å². The first-order valence-electron chi connectivity index (χ1n) is 7.99. The van der Waals surface area contributed by atoms with E-state index in [4.69, 9.17) is 10.5 Å². The molecule has 0 unspecified atom stereocenters. The molecule has 4 nitrogen and oxygen atoms in total. The van der Waals surface area contributed by atoms with Gasteiger partial charge in [0.15, 0.2) is 0 Å². The van der Waals surface area contributed by atoms with Crippen molar-refractivity contribution in [3.05, 3.63) is 34.3 Å². The molecule has 120 valence electrons. The van der Waals surface area contributed by atoms with E-state index in [9.17, 15) is 4.79 Å². The summed E-state index contributed by atoms with van der Waals surface area (Å²) >= 11 is 3.53. The second-order valence-electron chi connectivity index (χ2n) is 6.35. The van der Waals surface area contributed by atoms with Crippen molar-refractivity contribution < 1.29 is 9.53 Å². The summed E-state index contributed by atoms with van der Waals surface area (Å²) in [7, 11) is 0. The van der Waals surface area contributed by atoms with Crippen LogP contribution >= 0.6 is 15.9 Å². The second-order valence-corrected chi connectivity index (χ2v) is 7.26. The number of amides is 1. The Morgan fingerprint density at radius 2 is 2.18 bits per heavy atom. The van der Waals surface area contributed by atoms with E-state index in [1.807, 2.05) is 17.0 Å². The molecule has 0 saturated carbocycles. The molecule has 0 bridgehead atoms. The van der Waals surface area contributed by atoms with Crippen LogP contribution in [0.25, 0.3) is 0 Å². The van der Waals surface area contributed by atoms with E-state index < -0.39 is 5.41 Å². The zero-order chi connectivity index (χ0) is 15.6. The summed E-state index contributed by atoms with van der Waals surface area (Å²) in [6, 6.07) is 8.17. The number of halogens is 1. The van der Waals surface area contributed by atoms with Crippen LogP contribution in [0.2, 0.25) is 0 Å². The Labute approximate surface area is 140 Å². The summed E-state index contributed by atoms with van der Waals surface area (Å²) in [5.41, 5.74) is 6.44. The van der Waals surface area contributed by atoms with Gasteiger partial charge in [0.05, 0.1) is 5.41 Å². The molecule has 3 rings (SSSR count). The lowest BCUT2D eigenvalue weighted by Gasteiger charge is -2.39. The van der Waals surface area contributed by atoms with Gasteiger partial charge in [-0.1, -0.05) is 28.1 Å². The third-order valence-corrected chi connectivity index (χ3v) is 5.53. The van der Waals surface area contributed by atoms with Crippen LogP contribution in [0.5, 0.6) is 0 Å². The van der Waals surface area contributed by atoms with Crippen molar-refractivity contribution in [3.8, 4) is 0 Å². The Morgan fingerprint density at radius 3 is 2.82 bits per heavy atom. The highest BCUT2D eigenvalue weighted by Gasteiger charge is 2.45. The first-order valence-corrected chi connectivity index (χ1v) is 8.78. The van der Waals surface area contributed by atoms with Gasteiger partial charge < -0.3 is 15.4 Å². The molecule has 1 atom stereocenters. The molecule has 5 heteroatoms. The smallest absolute Gasteiger partial charge is 0.233 e. The summed E-state index contributed by atoms with van der Waals surface area (Å²) in [5.74, 6) is 0.702. The number of ether oxygens (including phenoxy) is 1. The highest BCUT2D eigenvalue weighted by molar-refractivity contribution is 9.10. The molecule has 2 aliphatic rings. The fourth-order valence-electron chi connectivity index (χ4n) is 3.64. The number of nitrogens with zero attached hydrogens (tertiary/aromatic N) is 1.